The third-order valence-corrected chi connectivity index (χ3v) is 5.12. The Hall–Kier alpha value is 0.1000. The quantitative estimate of drug-likeness (QED) is 0.918. The Morgan fingerprint density at radius 1 is 1.41 bits per heavy atom. The molecule has 0 unspecified atom stereocenters. The monoisotopic (exact) mass is 317 g/mol. The average molecular weight is 318 g/mol. The molecule has 0 aromatic carbocycles. The smallest absolute Gasteiger partial charge is 0.0540 e. The predicted octanol–water partition coefficient (Wildman–Crippen LogP) is 3.49. The maximum absolute atomic E-state index is 9.48. The minimum atomic E-state index is -0.0372. The van der Waals surface area contributed by atoms with E-state index < -0.39 is 0 Å². The Bertz CT molecular complexity index is 347. The molecule has 0 aliphatic heterocycles. The minimum absolute atomic E-state index is 0.0372. The molecule has 2 rings (SSSR count). The van der Waals surface area contributed by atoms with Gasteiger partial charge in [-0.1, -0.05) is 0 Å². The van der Waals surface area contributed by atoms with E-state index in [4.69, 9.17) is 0 Å². The number of hydrogen-bond acceptors (Lipinski definition) is 3. The van der Waals surface area contributed by atoms with Gasteiger partial charge in [0.2, 0.25) is 0 Å². The summed E-state index contributed by atoms with van der Waals surface area (Å²) in [5, 5.41) is 11.6. The van der Waals surface area contributed by atoms with Gasteiger partial charge in [-0.3, -0.25) is 0 Å². The molecule has 1 aromatic rings. The van der Waals surface area contributed by atoms with Crippen LogP contribution >= 0.6 is 27.3 Å². The van der Waals surface area contributed by atoms with Crippen molar-refractivity contribution in [1.82, 2.24) is 4.90 Å². The highest BCUT2D eigenvalue weighted by atomic mass is 79.9. The van der Waals surface area contributed by atoms with Crippen LogP contribution in [0.2, 0.25) is 0 Å². The minimum Gasteiger partial charge on any atom is -0.393 e. The first-order valence-corrected chi connectivity index (χ1v) is 7.90. The van der Waals surface area contributed by atoms with Gasteiger partial charge in [-0.25, -0.2) is 0 Å². The van der Waals surface area contributed by atoms with Gasteiger partial charge in [-0.2, -0.15) is 0 Å². The summed E-state index contributed by atoms with van der Waals surface area (Å²) in [5.74, 6) is 0.770. The SMILES string of the molecule is CN(Cc1cc(Br)cs1)CC1CCC(O)CC1. The van der Waals surface area contributed by atoms with Crippen molar-refractivity contribution < 1.29 is 5.11 Å². The Kier molecular flexibility index (Phi) is 5.03. The van der Waals surface area contributed by atoms with Crippen molar-refractivity contribution in [1.29, 1.82) is 0 Å². The van der Waals surface area contributed by atoms with E-state index in [0.29, 0.717) is 0 Å². The summed E-state index contributed by atoms with van der Waals surface area (Å²) in [6.45, 7) is 2.19. The molecule has 96 valence electrons. The van der Waals surface area contributed by atoms with E-state index in [-0.39, 0.29) is 6.10 Å². The lowest BCUT2D eigenvalue weighted by molar-refractivity contribution is 0.0969. The van der Waals surface area contributed by atoms with Gasteiger partial charge in [0.05, 0.1) is 6.10 Å². The van der Waals surface area contributed by atoms with Crippen LogP contribution in [0.25, 0.3) is 0 Å². The number of nitrogens with zero attached hydrogens (tertiary/aromatic N) is 1. The molecule has 1 aliphatic carbocycles. The number of aliphatic hydroxyl groups excluding tert-OH is 1. The molecule has 4 heteroatoms. The zero-order valence-electron chi connectivity index (χ0n) is 10.2. The normalized spacial score (nSPS) is 25.4. The number of rotatable bonds is 4. The fraction of sp³-hybridized carbons (Fsp3) is 0.692. The van der Waals surface area contributed by atoms with Gasteiger partial charge < -0.3 is 10.0 Å². The molecule has 1 aliphatic rings. The first-order valence-electron chi connectivity index (χ1n) is 6.23. The standard InChI is InChI=1S/C13H20BrNOS/c1-15(8-13-6-11(14)9-17-13)7-10-2-4-12(16)5-3-10/h6,9-10,12,16H,2-5,7-8H2,1H3. The molecule has 1 aromatic heterocycles. The summed E-state index contributed by atoms with van der Waals surface area (Å²) in [4.78, 5) is 3.82. The highest BCUT2D eigenvalue weighted by molar-refractivity contribution is 9.10. The fourth-order valence-electron chi connectivity index (χ4n) is 2.54. The Morgan fingerprint density at radius 2 is 2.12 bits per heavy atom. The van der Waals surface area contributed by atoms with Crippen LogP contribution in [0.15, 0.2) is 15.9 Å². The molecule has 0 spiro atoms. The van der Waals surface area contributed by atoms with E-state index in [0.717, 1.165) is 31.8 Å². The van der Waals surface area contributed by atoms with E-state index in [1.165, 1.54) is 22.2 Å². The number of aliphatic hydroxyl groups is 1. The van der Waals surface area contributed by atoms with E-state index in [9.17, 15) is 5.11 Å². The van der Waals surface area contributed by atoms with Crippen molar-refractivity contribution in [2.24, 2.45) is 5.92 Å². The Balaban J connectivity index is 1.75. The molecule has 0 bridgehead atoms. The molecule has 0 radical (unpaired) electrons. The van der Waals surface area contributed by atoms with Gasteiger partial charge in [0.1, 0.15) is 0 Å². The lowest BCUT2D eigenvalue weighted by Gasteiger charge is -2.29. The molecule has 1 saturated carbocycles. The number of thiophene rings is 1. The number of halogens is 1. The molecule has 17 heavy (non-hydrogen) atoms. The van der Waals surface area contributed by atoms with Crippen LogP contribution in [-0.2, 0) is 6.54 Å². The summed E-state index contributed by atoms with van der Waals surface area (Å²) in [7, 11) is 2.19. The van der Waals surface area contributed by atoms with Crippen molar-refractivity contribution >= 4 is 27.3 Å². The van der Waals surface area contributed by atoms with Crippen molar-refractivity contribution in [2.75, 3.05) is 13.6 Å². The highest BCUT2D eigenvalue weighted by Crippen LogP contribution is 2.26. The van der Waals surface area contributed by atoms with Crippen LogP contribution in [0.5, 0.6) is 0 Å². The predicted molar refractivity (Wildman–Crippen MR) is 76.3 cm³/mol. The van der Waals surface area contributed by atoms with Crippen LogP contribution in [0.4, 0.5) is 0 Å². The fourth-order valence-corrected chi connectivity index (χ4v) is 4.07. The van der Waals surface area contributed by atoms with E-state index in [2.05, 4.69) is 39.3 Å². The highest BCUT2D eigenvalue weighted by Gasteiger charge is 2.20. The van der Waals surface area contributed by atoms with E-state index in [1.807, 2.05) is 11.3 Å². The second-order valence-corrected chi connectivity index (χ2v) is 7.01. The van der Waals surface area contributed by atoms with Crippen molar-refractivity contribution in [3.05, 3.63) is 20.8 Å². The molecule has 1 N–H and O–H groups in total. The van der Waals surface area contributed by atoms with Gasteiger partial charge in [0, 0.05) is 27.8 Å². The maximum Gasteiger partial charge on any atom is 0.0540 e. The van der Waals surface area contributed by atoms with Crippen LogP contribution in [0, 0.1) is 5.92 Å². The van der Waals surface area contributed by atoms with Gasteiger partial charge in [-0.05, 0) is 60.6 Å². The van der Waals surface area contributed by atoms with E-state index >= 15 is 0 Å². The topological polar surface area (TPSA) is 23.5 Å². The molecule has 1 fully saturated rings. The molecular formula is C13H20BrNOS. The average Bonchev–Trinajstić information content (AvgIpc) is 2.67. The second-order valence-electron chi connectivity index (χ2n) is 5.10. The summed E-state index contributed by atoms with van der Waals surface area (Å²) >= 11 is 5.30. The van der Waals surface area contributed by atoms with Crippen LogP contribution < -0.4 is 0 Å². The second kappa shape index (κ2) is 6.32. The summed E-state index contributed by atoms with van der Waals surface area (Å²) < 4.78 is 1.19. The molecule has 0 amide bonds. The first kappa shape index (κ1) is 13.5. The molecule has 1 heterocycles. The van der Waals surface area contributed by atoms with Crippen molar-refractivity contribution in [3.8, 4) is 0 Å². The Labute approximate surface area is 116 Å². The third kappa shape index (κ3) is 4.36. The van der Waals surface area contributed by atoms with E-state index in [1.54, 1.807) is 0 Å². The summed E-state index contributed by atoms with van der Waals surface area (Å²) in [6.07, 6.45) is 4.30. The summed E-state index contributed by atoms with van der Waals surface area (Å²) in [5.41, 5.74) is 0. The zero-order chi connectivity index (χ0) is 12.3. The lowest BCUT2D eigenvalue weighted by Crippen LogP contribution is -2.29. The summed E-state index contributed by atoms with van der Waals surface area (Å²) in [6, 6.07) is 2.20. The lowest BCUT2D eigenvalue weighted by atomic mass is 9.87. The molecular weight excluding hydrogens is 298 g/mol. The molecule has 0 saturated heterocycles. The van der Waals surface area contributed by atoms with Gasteiger partial charge in [-0.15, -0.1) is 11.3 Å². The number of hydrogen-bond donors (Lipinski definition) is 1. The molecule has 2 nitrogen and oxygen atoms in total. The van der Waals surface area contributed by atoms with Crippen LogP contribution in [-0.4, -0.2) is 29.7 Å². The molecule has 0 atom stereocenters. The van der Waals surface area contributed by atoms with Crippen molar-refractivity contribution in [3.63, 3.8) is 0 Å². The zero-order valence-corrected chi connectivity index (χ0v) is 12.6. The Morgan fingerprint density at radius 3 is 2.71 bits per heavy atom. The van der Waals surface area contributed by atoms with Gasteiger partial charge >= 0.3 is 0 Å². The largest absolute Gasteiger partial charge is 0.393 e. The van der Waals surface area contributed by atoms with Gasteiger partial charge in [0.15, 0.2) is 0 Å². The van der Waals surface area contributed by atoms with Crippen LogP contribution in [0.1, 0.15) is 30.6 Å². The third-order valence-electron chi connectivity index (χ3n) is 3.43. The van der Waals surface area contributed by atoms with Gasteiger partial charge in [0.25, 0.3) is 0 Å². The maximum atomic E-state index is 9.48. The first-order chi connectivity index (χ1) is 8.13. The van der Waals surface area contributed by atoms with Crippen molar-refractivity contribution in [2.45, 2.75) is 38.3 Å². The van der Waals surface area contributed by atoms with Crippen LogP contribution in [0.3, 0.4) is 0 Å².